The van der Waals surface area contributed by atoms with Gasteiger partial charge in [-0.1, -0.05) is 12.5 Å². The number of fused-ring (bicyclic) bond motifs is 2. The first-order valence-electron chi connectivity index (χ1n) is 7.80. The molecule has 102 valence electrons. The zero-order chi connectivity index (χ0) is 12.7. The molecule has 0 unspecified atom stereocenters. The van der Waals surface area contributed by atoms with Gasteiger partial charge < -0.3 is 4.90 Å². The standard InChI is InChI=1S/C16H23N3/c1-2-6-17-16(3-1)19-9-7-18(8-10-19)15-12-13-4-5-14(15)11-13/h1-3,6,13-15H,4-5,7-12H2/t13-,14-,15+/m0/s1. The lowest BCUT2D eigenvalue weighted by Gasteiger charge is -2.41. The summed E-state index contributed by atoms with van der Waals surface area (Å²) in [6, 6.07) is 7.12. The Hall–Kier alpha value is -1.09. The molecule has 3 aliphatic rings. The van der Waals surface area contributed by atoms with Gasteiger partial charge in [-0.05, 0) is 43.2 Å². The van der Waals surface area contributed by atoms with E-state index < -0.39 is 0 Å². The Balaban J connectivity index is 1.38. The highest BCUT2D eigenvalue weighted by Gasteiger charge is 2.42. The summed E-state index contributed by atoms with van der Waals surface area (Å²) in [6.45, 7) is 4.74. The summed E-state index contributed by atoms with van der Waals surface area (Å²) >= 11 is 0. The molecule has 0 aromatic carbocycles. The fraction of sp³-hybridized carbons (Fsp3) is 0.688. The summed E-state index contributed by atoms with van der Waals surface area (Å²) < 4.78 is 0. The Kier molecular flexibility index (Phi) is 2.95. The van der Waals surface area contributed by atoms with Gasteiger partial charge in [0.25, 0.3) is 0 Å². The van der Waals surface area contributed by atoms with Gasteiger partial charge in [0, 0.05) is 38.4 Å². The second-order valence-electron chi connectivity index (χ2n) is 6.45. The molecular weight excluding hydrogens is 234 g/mol. The maximum absolute atomic E-state index is 4.47. The van der Waals surface area contributed by atoms with Crippen LogP contribution in [0.2, 0.25) is 0 Å². The summed E-state index contributed by atoms with van der Waals surface area (Å²) in [5.41, 5.74) is 0. The van der Waals surface area contributed by atoms with E-state index in [1.54, 1.807) is 0 Å². The molecule has 1 aliphatic heterocycles. The van der Waals surface area contributed by atoms with Crippen LogP contribution in [0.1, 0.15) is 25.7 Å². The van der Waals surface area contributed by atoms with Gasteiger partial charge in [-0.25, -0.2) is 4.98 Å². The van der Waals surface area contributed by atoms with Gasteiger partial charge in [0.15, 0.2) is 0 Å². The molecule has 0 amide bonds. The molecule has 0 spiro atoms. The van der Waals surface area contributed by atoms with E-state index in [2.05, 4.69) is 26.9 Å². The Bertz CT molecular complexity index is 425. The molecule has 0 N–H and O–H groups in total. The maximum atomic E-state index is 4.47. The van der Waals surface area contributed by atoms with Gasteiger partial charge in [0.1, 0.15) is 5.82 Å². The van der Waals surface area contributed by atoms with Crippen LogP contribution in [-0.2, 0) is 0 Å². The highest BCUT2D eigenvalue weighted by atomic mass is 15.3. The SMILES string of the molecule is c1ccc(N2CCN([C@@H]3C[C@H]4CC[C@H]3C4)CC2)nc1. The average Bonchev–Trinajstić information content (AvgIpc) is 3.11. The van der Waals surface area contributed by atoms with Gasteiger partial charge >= 0.3 is 0 Å². The normalized spacial score (nSPS) is 34.9. The van der Waals surface area contributed by atoms with E-state index in [0.717, 1.165) is 36.8 Å². The number of aromatic nitrogens is 1. The van der Waals surface area contributed by atoms with Gasteiger partial charge in [0.05, 0.1) is 0 Å². The van der Waals surface area contributed by atoms with Crippen LogP contribution in [0.5, 0.6) is 0 Å². The minimum absolute atomic E-state index is 0.907. The number of anilines is 1. The fourth-order valence-corrected chi connectivity index (χ4v) is 4.48. The van der Waals surface area contributed by atoms with Crippen molar-refractivity contribution in [3.05, 3.63) is 24.4 Å². The van der Waals surface area contributed by atoms with E-state index in [4.69, 9.17) is 0 Å². The van der Waals surface area contributed by atoms with Gasteiger partial charge in [-0.3, -0.25) is 4.90 Å². The first kappa shape index (κ1) is 11.7. The van der Waals surface area contributed by atoms with E-state index in [9.17, 15) is 0 Å². The number of rotatable bonds is 2. The summed E-state index contributed by atoms with van der Waals surface area (Å²) in [6.07, 6.45) is 7.90. The topological polar surface area (TPSA) is 19.4 Å². The van der Waals surface area contributed by atoms with E-state index >= 15 is 0 Å². The van der Waals surface area contributed by atoms with Crippen LogP contribution >= 0.6 is 0 Å². The van der Waals surface area contributed by atoms with E-state index in [1.807, 2.05) is 12.3 Å². The van der Waals surface area contributed by atoms with Crippen LogP contribution in [0.25, 0.3) is 0 Å². The molecule has 1 aromatic rings. The molecule has 2 heterocycles. The van der Waals surface area contributed by atoms with Gasteiger partial charge in [-0.2, -0.15) is 0 Å². The first-order valence-corrected chi connectivity index (χ1v) is 7.80. The van der Waals surface area contributed by atoms with Crippen molar-refractivity contribution in [1.82, 2.24) is 9.88 Å². The fourth-order valence-electron chi connectivity index (χ4n) is 4.48. The lowest BCUT2D eigenvalue weighted by atomic mass is 9.93. The number of hydrogen-bond acceptors (Lipinski definition) is 3. The second kappa shape index (κ2) is 4.78. The minimum atomic E-state index is 0.907. The molecule has 4 rings (SSSR count). The molecular formula is C16H23N3. The van der Waals surface area contributed by atoms with Crippen LogP contribution < -0.4 is 4.90 Å². The molecule has 3 fully saturated rings. The highest BCUT2D eigenvalue weighted by molar-refractivity contribution is 5.38. The third kappa shape index (κ3) is 2.14. The van der Waals surface area contributed by atoms with Gasteiger partial charge in [0.2, 0.25) is 0 Å². The number of pyridine rings is 1. The van der Waals surface area contributed by atoms with Crippen molar-refractivity contribution in [2.75, 3.05) is 31.1 Å². The summed E-state index contributed by atoms with van der Waals surface area (Å²) in [5, 5.41) is 0. The maximum Gasteiger partial charge on any atom is 0.128 e. The molecule has 2 bridgehead atoms. The molecule has 2 aliphatic carbocycles. The molecule has 3 heteroatoms. The molecule has 3 nitrogen and oxygen atoms in total. The summed E-state index contributed by atoms with van der Waals surface area (Å²) in [4.78, 5) is 9.67. The Morgan fingerprint density at radius 1 is 1.00 bits per heavy atom. The summed E-state index contributed by atoms with van der Waals surface area (Å²) in [7, 11) is 0. The first-order chi connectivity index (χ1) is 9.40. The zero-order valence-electron chi connectivity index (χ0n) is 11.5. The Morgan fingerprint density at radius 3 is 2.53 bits per heavy atom. The Morgan fingerprint density at radius 2 is 1.89 bits per heavy atom. The van der Waals surface area contributed by atoms with Crippen molar-refractivity contribution in [2.45, 2.75) is 31.7 Å². The molecule has 3 atom stereocenters. The van der Waals surface area contributed by atoms with Crippen LogP contribution in [0.4, 0.5) is 5.82 Å². The quantitative estimate of drug-likeness (QED) is 0.811. The van der Waals surface area contributed by atoms with Crippen molar-refractivity contribution in [2.24, 2.45) is 11.8 Å². The number of nitrogens with zero attached hydrogens (tertiary/aromatic N) is 3. The number of piperazine rings is 1. The predicted molar refractivity (Wildman–Crippen MR) is 77.3 cm³/mol. The largest absolute Gasteiger partial charge is 0.354 e. The van der Waals surface area contributed by atoms with Crippen LogP contribution in [-0.4, -0.2) is 42.1 Å². The third-order valence-corrected chi connectivity index (χ3v) is 5.46. The van der Waals surface area contributed by atoms with Crippen LogP contribution in [0, 0.1) is 11.8 Å². The molecule has 0 radical (unpaired) electrons. The number of hydrogen-bond donors (Lipinski definition) is 0. The molecule has 2 saturated carbocycles. The molecule has 19 heavy (non-hydrogen) atoms. The van der Waals surface area contributed by atoms with Crippen molar-refractivity contribution in [3.8, 4) is 0 Å². The van der Waals surface area contributed by atoms with E-state index in [-0.39, 0.29) is 0 Å². The molecule has 1 aromatic heterocycles. The third-order valence-electron chi connectivity index (χ3n) is 5.46. The average molecular weight is 257 g/mol. The van der Waals surface area contributed by atoms with Crippen molar-refractivity contribution in [1.29, 1.82) is 0 Å². The highest BCUT2D eigenvalue weighted by Crippen LogP contribution is 2.46. The predicted octanol–water partition coefficient (Wildman–Crippen LogP) is 2.39. The Labute approximate surface area is 115 Å². The van der Waals surface area contributed by atoms with E-state index in [0.29, 0.717) is 0 Å². The van der Waals surface area contributed by atoms with Crippen LogP contribution in [0.3, 0.4) is 0 Å². The molecule has 1 saturated heterocycles. The van der Waals surface area contributed by atoms with Gasteiger partial charge in [-0.15, -0.1) is 0 Å². The van der Waals surface area contributed by atoms with Crippen LogP contribution in [0.15, 0.2) is 24.4 Å². The monoisotopic (exact) mass is 257 g/mol. The summed E-state index contributed by atoms with van der Waals surface area (Å²) in [5.74, 6) is 3.23. The minimum Gasteiger partial charge on any atom is -0.354 e. The lowest BCUT2D eigenvalue weighted by Crippen LogP contribution is -2.52. The lowest BCUT2D eigenvalue weighted by molar-refractivity contribution is 0.134. The van der Waals surface area contributed by atoms with Crippen molar-refractivity contribution < 1.29 is 0 Å². The van der Waals surface area contributed by atoms with Crippen molar-refractivity contribution >= 4 is 5.82 Å². The van der Waals surface area contributed by atoms with E-state index in [1.165, 1.54) is 38.8 Å². The smallest absolute Gasteiger partial charge is 0.128 e. The second-order valence-corrected chi connectivity index (χ2v) is 6.45. The zero-order valence-corrected chi connectivity index (χ0v) is 11.5. The van der Waals surface area contributed by atoms with Crippen molar-refractivity contribution in [3.63, 3.8) is 0 Å².